The topological polar surface area (TPSA) is 95.7 Å². The Morgan fingerprint density at radius 2 is 1.58 bits per heavy atom. The molecule has 5 rings (SSSR count). The van der Waals surface area contributed by atoms with Crippen molar-refractivity contribution in [1.29, 1.82) is 0 Å². The van der Waals surface area contributed by atoms with Crippen molar-refractivity contribution in [2.75, 3.05) is 19.5 Å². The Morgan fingerprint density at radius 3 is 2.34 bits per heavy atom. The molecule has 0 fully saturated rings. The first kappa shape index (κ1) is 24.6. The summed E-state index contributed by atoms with van der Waals surface area (Å²) in [5.41, 5.74) is 3.41. The lowest BCUT2D eigenvalue weighted by Crippen LogP contribution is -2.12. The first-order chi connectivity index (χ1) is 18.6. The molecule has 0 bridgehead atoms. The average Bonchev–Trinajstić information content (AvgIpc) is 3.47. The minimum Gasteiger partial charge on any atom is -0.493 e. The maximum atomic E-state index is 13.0. The summed E-state index contributed by atoms with van der Waals surface area (Å²) in [6.45, 7) is 0.454. The summed E-state index contributed by atoms with van der Waals surface area (Å²) in [6.07, 6.45) is 0. The molecule has 38 heavy (non-hydrogen) atoms. The highest BCUT2D eigenvalue weighted by molar-refractivity contribution is 6.06. The van der Waals surface area contributed by atoms with Crippen LogP contribution in [0.5, 0.6) is 17.2 Å². The second kappa shape index (κ2) is 11.3. The lowest BCUT2D eigenvalue weighted by Gasteiger charge is -2.10. The highest BCUT2D eigenvalue weighted by atomic mass is 16.5. The van der Waals surface area contributed by atoms with Crippen molar-refractivity contribution in [2.45, 2.75) is 6.61 Å². The summed E-state index contributed by atoms with van der Waals surface area (Å²) in [5, 5.41) is 7.05. The van der Waals surface area contributed by atoms with Crippen LogP contribution in [-0.2, 0) is 6.61 Å². The van der Waals surface area contributed by atoms with Crippen LogP contribution in [0.15, 0.2) is 102 Å². The molecule has 5 aromatic rings. The first-order valence-electron chi connectivity index (χ1n) is 11.9. The van der Waals surface area contributed by atoms with Gasteiger partial charge in [0.15, 0.2) is 11.5 Å². The highest BCUT2D eigenvalue weighted by Gasteiger charge is 2.17. The zero-order chi connectivity index (χ0) is 26.3. The van der Waals surface area contributed by atoms with Gasteiger partial charge in [0.25, 0.3) is 11.8 Å². The maximum absolute atomic E-state index is 13.0. The Bertz CT molecular complexity index is 1530. The standard InChI is InChI=1S/C30H25N3O5/c1-35-26-17-14-22(18-27(26)36-2)28-32-30(38-33-28)24-10-6-7-11-25(24)31-29(34)21-12-15-23(16-13-21)37-19-20-8-4-3-5-9-20/h3-18H,19H2,1-2H3,(H,31,34). The van der Waals surface area contributed by atoms with E-state index in [2.05, 4.69) is 15.5 Å². The van der Waals surface area contributed by atoms with Crippen molar-refractivity contribution in [1.82, 2.24) is 10.1 Å². The molecule has 0 spiro atoms. The van der Waals surface area contributed by atoms with Crippen LogP contribution in [0.2, 0.25) is 0 Å². The van der Waals surface area contributed by atoms with Crippen LogP contribution < -0.4 is 19.5 Å². The quantitative estimate of drug-likeness (QED) is 0.252. The molecule has 1 heterocycles. The number of carbonyl (C=O) groups is 1. The normalized spacial score (nSPS) is 10.6. The van der Waals surface area contributed by atoms with Gasteiger partial charge in [-0.05, 0) is 60.2 Å². The van der Waals surface area contributed by atoms with Gasteiger partial charge >= 0.3 is 0 Å². The van der Waals surface area contributed by atoms with Gasteiger partial charge in [0.2, 0.25) is 5.82 Å². The Hall–Kier alpha value is -5.11. The van der Waals surface area contributed by atoms with Crippen LogP contribution in [0.4, 0.5) is 5.69 Å². The molecule has 0 saturated carbocycles. The zero-order valence-corrected chi connectivity index (χ0v) is 20.9. The SMILES string of the molecule is COc1ccc(-c2noc(-c3ccccc3NC(=O)c3ccc(OCc4ccccc4)cc3)n2)cc1OC. The summed E-state index contributed by atoms with van der Waals surface area (Å²) < 4.78 is 22.0. The van der Waals surface area contributed by atoms with E-state index in [9.17, 15) is 4.79 Å². The number of benzene rings is 4. The summed E-state index contributed by atoms with van der Waals surface area (Å²) in [7, 11) is 3.14. The van der Waals surface area contributed by atoms with Crippen molar-refractivity contribution in [3.05, 3.63) is 108 Å². The molecule has 4 aromatic carbocycles. The van der Waals surface area contributed by atoms with E-state index in [0.717, 1.165) is 5.56 Å². The van der Waals surface area contributed by atoms with Gasteiger partial charge < -0.3 is 24.1 Å². The van der Waals surface area contributed by atoms with Crippen LogP contribution >= 0.6 is 0 Å². The van der Waals surface area contributed by atoms with E-state index < -0.39 is 0 Å². The number of ether oxygens (including phenoxy) is 3. The third-order valence-corrected chi connectivity index (χ3v) is 5.84. The monoisotopic (exact) mass is 507 g/mol. The van der Waals surface area contributed by atoms with Crippen molar-refractivity contribution in [2.24, 2.45) is 0 Å². The number of rotatable bonds is 9. The molecular weight excluding hydrogens is 482 g/mol. The van der Waals surface area contributed by atoms with Crippen LogP contribution in [0, 0.1) is 0 Å². The van der Waals surface area contributed by atoms with Gasteiger partial charge in [0.05, 0.1) is 25.5 Å². The zero-order valence-electron chi connectivity index (χ0n) is 20.9. The first-order valence-corrected chi connectivity index (χ1v) is 11.9. The van der Waals surface area contributed by atoms with E-state index >= 15 is 0 Å². The lowest BCUT2D eigenvalue weighted by molar-refractivity contribution is 0.102. The van der Waals surface area contributed by atoms with Crippen molar-refractivity contribution < 1.29 is 23.5 Å². The van der Waals surface area contributed by atoms with Crippen LogP contribution in [0.3, 0.4) is 0 Å². The fraction of sp³-hybridized carbons (Fsp3) is 0.100. The third-order valence-electron chi connectivity index (χ3n) is 5.84. The molecule has 1 N–H and O–H groups in total. The smallest absolute Gasteiger partial charge is 0.260 e. The molecule has 1 aromatic heterocycles. The van der Waals surface area contributed by atoms with Crippen molar-refractivity contribution >= 4 is 11.6 Å². The predicted octanol–water partition coefficient (Wildman–Crippen LogP) is 6.25. The number of carbonyl (C=O) groups excluding carboxylic acids is 1. The van der Waals surface area contributed by atoms with Gasteiger partial charge in [-0.25, -0.2) is 0 Å². The molecule has 0 saturated heterocycles. The Kier molecular flexibility index (Phi) is 7.31. The van der Waals surface area contributed by atoms with E-state index in [1.54, 1.807) is 56.7 Å². The Labute approximate surface area is 219 Å². The molecule has 0 aliphatic rings. The molecule has 8 heteroatoms. The van der Waals surface area contributed by atoms with Gasteiger partial charge in [-0.3, -0.25) is 4.79 Å². The van der Waals surface area contributed by atoms with Gasteiger partial charge in [0, 0.05) is 11.1 Å². The second-order valence-electron chi connectivity index (χ2n) is 8.29. The van der Waals surface area contributed by atoms with E-state index in [-0.39, 0.29) is 11.8 Å². The molecule has 1 amide bonds. The van der Waals surface area contributed by atoms with Crippen LogP contribution in [-0.4, -0.2) is 30.3 Å². The third kappa shape index (κ3) is 5.49. The van der Waals surface area contributed by atoms with Crippen LogP contribution in [0.1, 0.15) is 15.9 Å². The van der Waals surface area contributed by atoms with Gasteiger partial charge in [-0.1, -0.05) is 47.6 Å². The molecule has 0 radical (unpaired) electrons. The molecule has 0 unspecified atom stereocenters. The summed E-state index contributed by atoms with van der Waals surface area (Å²) in [4.78, 5) is 17.5. The molecular formula is C30H25N3O5. The number of methoxy groups -OCH3 is 2. The van der Waals surface area contributed by atoms with Crippen molar-refractivity contribution in [3.8, 4) is 40.1 Å². The number of amides is 1. The molecule has 0 aliphatic heterocycles. The molecule has 8 nitrogen and oxygen atoms in total. The van der Waals surface area contributed by atoms with E-state index in [0.29, 0.717) is 52.1 Å². The lowest BCUT2D eigenvalue weighted by atomic mass is 10.1. The maximum Gasteiger partial charge on any atom is 0.260 e. The summed E-state index contributed by atoms with van der Waals surface area (Å²) in [6, 6.07) is 29.5. The highest BCUT2D eigenvalue weighted by Crippen LogP contribution is 2.33. The Morgan fingerprint density at radius 1 is 0.842 bits per heavy atom. The number of nitrogens with one attached hydrogen (secondary N) is 1. The molecule has 0 atom stereocenters. The number of nitrogens with zero attached hydrogens (tertiary/aromatic N) is 2. The van der Waals surface area contributed by atoms with E-state index in [1.165, 1.54) is 0 Å². The van der Waals surface area contributed by atoms with Gasteiger partial charge in [-0.15, -0.1) is 0 Å². The second-order valence-corrected chi connectivity index (χ2v) is 8.29. The van der Waals surface area contributed by atoms with Crippen LogP contribution in [0.25, 0.3) is 22.8 Å². The number of hydrogen-bond acceptors (Lipinski definition) is 7. The molecule has 190 valence electrons. The number of anilines is 1. The number of para-hydroxylation sites is 1. The predicted molar refractivity (Wildman–Crippen MR) is 143 cm³/mol. The van der Waals surface area contributed by atoms with Crippen molar-refractivity contribution in [3.63, 3.8) is 0 Å². The largest absolute Gasteiger partial charge is 0.493 e. The minimum absolute atomic E-state index is 0.272. The number of aromatic nitrogens is 2. The summed E-state index contributed by atoms with van der Waals surface area (Å²) in [5.74, 6) is 2.22. The van der Waals surface area contributed by atoms with Gasteiger partial charge in [-0.2, -0.15) is 4.98 Å². The number of hydrogen-bond donors (Lipinski definition) is 1. The average molecular weight is 508 g/mol. The fourth-order valence-electron chi connectivity index (χ4n) is 3.84. The van der Waals surface area contributed by atoms with E-state index in [1.807, 2.05) is 54.6 Å². The fourth-order valence-corrected chi connectivity index (χ4v) is 3.84. The summed E-state index contributed by atoms with van der Waals surface area (Å²) >= 11 is 0. The minimum atomic E-state index is -0.272. The Balaban J connectivity index is 1.30. The van der Waals surface area contributed by atoms with E-state index in [4.69, 9.17) is 18.7 Å². The van der Waals surface area contributed by atoms with Gasteiger partial charge in [0.1, 0.15) is 12.4 Å². The molecule has 0 aliphatic carbocycles.